The van der Waals surface area contributed by atoms with E-state index in [2.05, 4.69) is 15.5 Å². The first kappa shape index (κ1) is 11.0. The molecule has 72 valence electrons. The highest BCUT2D eigenvalue weighted by Gasteiger charge is 2.31. The lowest BCUT2D eigenvalue weighted by Crippen LogP contribution is -2.26. The quantitative estimate of drug-likeness (QED) is 0.787. The lowest BCUT2D eigenvalue weighted by molar-refractivity contribution is -0.115. The van der Waals surface area contributed by atoms with Gasteiger partial charge in [0.25, 0.3) is 9.70 Å². The minimum absolute atomic E-state index is 0.314. The van der Waals surface area contributed by atoms with Gasteiger partial charge in [-0.25, -0.2) is 0 Å². The van der Waals surface area contributed by atoms with Crippen LogP contribution in [0, 0.1) is 6.92 Å². The molecule has 0 bridgehead atoms. The third-order valence-electron chi connectivity index (χ3n) is 1.00. The number of alkyl halides is 3. The van der Waals surface area contributed by atoms with E-state index in [9.17, 15) is 4.79 Å². The van der Waals surface area contributed by atoms with Crippen LogP contribution in [0.25, 0.3) is 0 Å². The molecule has 1 amide bonds. The van der Waals surface area contributed by atoms with Crippen LogP contribution >= 0.6 is 46.1 Å². The van der Waals surface area contributed by atoms with Crippen molar-refractivity contribution in [2.45, 2.75) is 10.7 Å². The van der Waals surface area contributed by atoms with Gasteiger partial charge in [-0.3, -0.25) is 10.1 Å². The topological polar surface area (TPSA) is 54.9 Å². The average Bonchev–Trinajstić information content (AvgIpc) is 2.33. The average molecular weight is 261 g/mol. The van der Waals surface area contributed by atoms with Crippen LogP contribution < -0.4 is 5.32 Å². The molecule has 4 nitrogen and oxygen atoms in total. The second-order valence-electron chi connectivity index (χ2n) is 2.08. The predicted molar refractivity (Wildman–Crippen MR) is 53.6 cm³/mol. The van der Waals surface area contributed by atoms with Crippen LogP contribution in [0.5, 0.6) is 0 Å². The van der Waals surface area contributed by atoms with E-state index in [-0.39, 0.29) is 0 Å². The highest BCUT2D eigenvalue weighted by molar-refractivity contribution is 7.15. The summed E-state index contributed by atoms with van der Waals surface area (Å²) in [5, 5.41) is 10.7. The first-order valence-corrected chi connectivity index (χ1v) is 5.03. The number of hydrogen-bond acceptors (Lipinski definition) is 4. The third-order valence-corrected chi connectivity index (χ3v) is 2.27. The van der Waals surface area contributed by atoms with Crippen molar-refractivity contribution < 1.29 is 4.79 Å². The van der Waals surface area contributed by atoms with Crippen LogP contribution in [-0.2, 0) is 4.79 Å². The normalized spacial score (nSPS) is 11.4. The number of aryl methyl sites for hydroxylation is 1. The van der Waals surface area contributed by atoms with Crippen molar-refractivity contribution in [1.29, 1.82) is 0 Å². The number of carbonyl (C=O) groups is 1. The van der Waals surface area contributed by atoms with E-state index in [1.807, 2.05) is 0 Å². The predicted octanol–water partition coefficient (Wildman–Crippen LogP) is 2.16. The Bertz CT molecular complexity index is 321. The Hall–Kier alpha value is -0.100. The number of halogens is 3. The molecule has 1 aromatic heterocycles. The Balaban J connectivity index is 2.65. The molecule has 1 rings (SSSR count). The summed E-state index contributed by atoms with van der Waals surface area (Å²) in [7, 11) is 0. The molecule has 1 aromatic rings. The van der Waals surface area contributed by atoms with Crippen LogP contribution in [0.4, 0.5) is 5.13 Å². The van der Waals surface area contributed by atoms with Crippen molar-refractivity contribution in [3.63, 3.8) is 0 Å². The summed E-state index contributed by atoms with van der Waals surface area (Å²) in [6, 6.07) is 0. The van der Waals surface area contributed by atoms with Gasteiger partial charge in [0.15, 0.2) is 0 Å². The number of anilines is 1. The minimum Gasteiger partial charge on any atom is -0.297 e. The van der Waals surface area contributed by atoms with E-state index >= 15 is 0 Å². The Morgan fingerprint density at radius 1 is 1.46 bits per heavy atom. The van der Waals surface area contributed by atoms with Gasteiger partial charge in [0.1, 0.15) is 5.01 Å². The molecule has 0 spiro atoms. The Morgan fingerprint density at radius 2 is 2.08 bits per heavy atom. The fourth-order valence-corrected chi connectivity index (χ4v) is 1.24. The van der Waals surface area contributed by atoms with Gasteiger partial charge < -0.3 is 0 Å². The molecule has 13 heavy (non-hydrogen) atoms. The molecule has 0 radical (unpaired) electrons. The lowest BCUT2D eigenvalue weighted by Gasteiger charge is -2.07. The zero-order chi connectivity index (χ0) is 10.1. The second kappa shape index (κ2) is 3.96. The molecule has 0 saturated carbocycles. The van der Waals surface area contributed by atoms with E-state index in [0.29, 0.717) is 5.13 Å². The monoisotopic (exact) mass is 259 g/mol. The van der Waals surface area contributed by atoms with Crippen LogP contribution in [0.15, 0.2) is 0 Å². The Kier molecular flexibility index (Phi) is 3.34. The zero-order valence-electron chi connectivity index (χ0n) is 6.34. The van der Waals surface area contributed by atoms with Crippen LogP contribution in [0.3, 0.4) is 0 Å². The number of hydrogen-bond donors (Lipinski definition) is 1. The number of carbonyl (C=O) groups excluding carboxylic acids is 1. The molecule has 0 unspecified atom stereocenters. The molecule has 8 heteroatoms. The lowest BCUT2D eigenvalue weighted by atomic mass is 10.7. The molecule has 0 aliphatic heterocycles. The standard InChI is InChI=1S/C5H4Cl3N3OS/c1-2-10-11-4(13-2)9-3(12)5(6,7)8/h1H3,(H,9,11,12). The summed E-state index contributed by atoms with van der Waals surface area (Å²) >= 11 is 17.1. The van der Waals surface area contributed by atoms with Gasteiger partial charge >= 0.3 is 0 Å². The molecule has 0 aliphatic carbocycles. The summed E-state index contributed by atoms with van der Waals surface area (Å²) in [5.74, 6) is -0.742. The van der Waals surface area contributed by atoms with Gasteiger partial charge in [-0.2, -0.15) is 0 Å². The molecule has 0 saturated heterocycles. The first-order valence-electron chi connectivity index (χ1n) is 3.08. The first-order chi connectivity index (χ1) is 5.89. The number of nitrogens with one attached hydrogen (secondary N) is 1. The summed E-state index contributed by atoms with van der Waals surface area (Å²) in [6.45, 7) is 1.75. The molecule has 0 aliphatic rings. The van der Waals surface area contributed by atoms with Gasteiger partial charge in [0, 0.05) is 0 Å². The van der Waals surface area contributed by atoms with Gasteiger partial charge in [-0.05, 0) is 6.92 Å². The van der Waals surface area contributed by atoms with Crippen molar-refractivity contribution in [3.05, 3.63) is 5.01 Å². The maximum atomic E-state index is 11.1. The van der Waals surface area contributed by atoms with E-state index < -0.39 is 9.70 Å². The fourth-order valence-electron chi connectivity index (χ4n) is 0.515. The van der Waals surface area contributed by atoms with Crippen molar-refractivity contribution in [3.8, 4) is 0 Å². The van der Waals surface area contributed by atoms with Crippen LogP contribution in [0.1, 0.15) is 5.01 Å². The smallest absolute Gasteiger partial charge is 0.278 e. The Morgan fingerprint density at radius 3 is 2.46 bits per heavy atom. The number of amides is 1. The summed E-state index contributed by atoms with van der Waals surface area (Å²) in [5.41, 5.74) is 0. The third kappa shape index (κ3) is 3.27. The number of nitrogens with zero attached hydrogens (tertiary/aromatic N) is 2. The van der Waals surface area contributed by atoms with Gasteiger partial charge in [0.05, 0.1) is 0 Å². The Labute approximate surface area is 93.2 Å². The molecule has 0 aromatic carbocycles. The van der Waals surface area contributed by atoms with Crippen LogP contribution in [-0.4, -0.2) is 19.9 Å². The van der Waals surface area contributed by atoms with Crippen molar-refractivity contribution in [2.75, 3.05) is 5.32 Å². The molecule has 1 N–H and O–H groups in total. The molecular formula is C5H4Cl3N3OS. The summed E-state index contributed by atoms with van der Waals surface area (Å²) in [4.78, 5) is 11.1. The number of aromatic nitrogens is 2. The van der Waals surface area contributed by atoms with Gasteiger partial charge in [-0.15, -0.1) is 10.2 Å². The second-order valence-corrected chi connectivity index (χ2v) is 5.54. The highest BCUT2D eigenvalue weighted by Crippen LogP contribution is 2.28. The van der Waals surface area contributed by atoms with Crippen molar-refractivity contribution in [2.24, 2.45) is 0 Å². The molecule has 0 atom stereocenters. The highest BCUT2D eigenvalue weighted by atomic mass is 35.6. The van der Waals surface area contributed by atoms with E-state index in [1.54, 1.807) is 6.92 Å². The van der Waals surface area contributed by atoms with Gasteiger partial charge in [-0.1, -0.05) is 46.1 Å². The number of rotatable bonds is 1. The maximum absolute atomic E-state index is 11.1. The van der Waals surface area contributed by atoms with E-state index in [1.165, 1.54) is 11.3 Å². The summed E-state index contributed by atoms with van der Waals surface area (Å²) in [6.07, 6.45) is 0. The summed E-state index contributed by atoms with van der Waals surface area (Å²) < 4.78 is -1.97. The maximum Gasteiger partial charge on any atom is 0.278 e. The largest absolute Gasteiger partial charge is 0.297 e. The molecule has 1 heterocycles. The molecular weight excluding hydrogens is 257 g/mol. The van der Waals surface area contributed by atoms with Crippen LogP contribution in [0.2, 0.25) is 0 Å². The van der Waals surface area contributed by atoms with E-state index in [4.69, 9.17) is 34.8 Å². The molecule has 0 fully saturated rings. The minimum atomic E-state index is -1.97. The van der Waals surface area contributed by atoms with E-state index in [0.717, 1.165) is 5.01 Å². The van der Waals surface area contributed by atoms with Crippen molar-refractivity contribution >= 4 is 57.2 Å². The SMILES string of the molecule is Cc1nnc(NC(=O)C(Cl)(Cl)Cl)s1. The fraction of sp³-hybridized carbons (Fsp3) is 0.400. The zero-order valence-corrected chi connectivity index (χ0v) is 9.43. The van der Waals surface area contributed by atoms with Crippen molar-refractivity contribution in [1.82, 2.24) is 10.2 Å². The van der Waals surface area contributed by atoms with Gasteiger partial charge in [0.2, 0.25) is 5.13 Å².